The largest absolute Gasteiger partial charge is 0.481 e. The van der Waals surface area contributed by atoms with E-state index in [9.17, 15) is 25.2 Å². The van der Waals surface area contributed by atoms with Crippen LogP contribution in [0.5, 0.6) is 0 Å². The summed E-state index contributed by atoms with van der Waals surface area (Å²) in [5.74, 6) is 0.135. The molecule has 9 atom stereocenters. The number of fused-ring (bicyclic) bond motifs is 5. The highest BCUT2D eigenvalue weighted by Crippen LogP contribution is 2.68. The van der Waals surface area contributed by atoms with Crippen molar-refractivity contribution in [3.05, 3.63) is 0 Å². The molecule has 0 aliphatic heterocycles. The average Bonchev–Trinajstić information content (AvgIpc) is 2.93. The number of rotatable bonds is 3. The summed E-state index contributed by atoms with van der Waals surface area (Å²) in [7, 11) is 0. The van der Waals surface area contributed by atoms with Crippen molar-refractivity contribution in [2.75, 3.05) is 0 Å². The number of aliphatic carboxylic acids is 1. The zero-order valence-corrected chi connectivity index (χ0v) is 17.6. The summed E-state index contributed by atoms with van der Waals surface area (Å²) in [5, 5.41) is 40.1. The predicted molar refractivity (Wildman–Crippen MR) is 105 cm³/mol. The molecular weight excluding hydrogens is 356 g/mol. The Hall–Kier alpha value is -0.650. The van der Waals surface area contributed by atoms with Crippen LogP contribution in [-0.4, -0.2) is 38.3 Å². The minimum absolute atomic E-state index is 0.0244. The molecule has 0 aromatic rings. The molecule has 0 heterocycles. The number of carboxylic acids is 1. The van der Waals surface area contributed by atoms with Crippen LogP contribution >= 0.6 is 0 Å². The third kappa shape index (κ3) is 2.95. The molecule has 28 heavy (non-hydrogen) atoms. The van der Waals surface area contributed by atoms with Gasteiger partial charge in [0.2, 0.25) is 0 Å². The minimum atomic E-state index is -1.94. The standard InChI is InChI=1S/C23H38O5/c1-13(10-20(25)26)16-6-7-17-15-5-4-14-11-23(27,28)19(24)12-22(14,3)18(15)8-9-21(16,17)2/h13-19,24,27-28H,4-12H2,1-3H3,(H,25,26). The van der Waals surface area contributed by atoms with Gasteiger partial charge < -0.3 is 20.4 Å². The van der Waals surface area contributed by atoms with Gasteiger partial charge in [0.1, 0.15) is 6.10 Å². The van der Waals surface area contributed by atoms with Crippen LogP contribution in [0.2, 0.25) is 0 Å². The van der Waals surface area contributed by atoms with Crippen molar-refractivity contribution >= 4 is 5.97 Å². The fourth-order valence-electron chi connectivity index (χ4n) is 8.66. The van der Waals surface area contributed by atoms with Crippen molar-refractivity contribution in [2.24, 2.45) is 46.3 Å². The van der Waals surface area contributed by atoms with Gasteiger partial charge in [-0.1, -0.05) is 20.8 Å². The Kier molecular flexibility index (Phi) is 4.92. The van der Waals surface area contributed by atoms with Gasteiger partial charge >= 0.3 is 5.97 Å². The van der Waals surface area contributed by atoms with Gasteiger partial charge in [0.25, 0.3) is 0 Å². The summed E-state index contributed by atoms with van der Waals surface area (Å²) in [6, 6.07) is 0. The molecule has 4 aliphatic rings. The fourth-order valence-corrected chi connectivity index (χ4v) is 8.66. The first-order chi connectivity index (χ1) is 13.0. The van der Waals surface area contributed by atoms with Gasteiger partial charge in [0, 0.05) is 12.8 Å². The number of hydrogen-bond donors (Lipinski definition) is 4. The second-order valence-electron chi connectivity index (χ2n) is 11.3. The highest BCUT2D eigenvalue weighted by Gasteiger charge is 2.63. The molecular formula is C23H38O5. The number of carbonyl (C=O) groups is 1. The maximum Gasteiger partial charge on any atom is 0.303 e. The van der Waals surface area contributed by atoms with E-state index in [-0.39, 0.29) is 35.5 Å². The number of hydrogen-bond acceptors (Lipinski definition) is 4. The van der Waals surface area contributed by atoms with Crippen molar-refractivity contribution < 1.29 is 25.2 Å². The lowest BCUT2D eigenvalue weighted by Crippen LogP contribution is -2.60. The van der Waals surface area contributed by atoms with Gasteiger partial charge in [-0.05, 0) is 91.3 Å². The molecule has 0 saturated heterocycles. The minimum Gasteiger partial charge on any atom is -0.481 e. The molecule has 4 rings (SSSR count). The smallest absolute Gasteiger partial charge is 0.303 e. The van der Waals surface area contributed by atoms with Crippen molar-refractivity contribution in [1.82, 2.24) is 0 Å². The van der Waals surface area contributed by atoms with E-state index in [4.69, 9.17) is 0 Å². The van der Waals surface area contributed by atoms with Crippen LogP contribution in [0.15, 0.2) is 0 Å². The highest BCUT2D eigenvalue weighted by molar-refractivity contribution is 5.67. The third-order valence-corrected chi connectivity index (χ3v) is 10.0. The molecule has 0 bridgehead atoms. The highest BCUT2D eigenvalue weighted by atomic mass is 16.5. The number of carboxylic acid groups (broad SMARTS) is 1. The Balaban J connectivity index is 1.57. The Bertz CT molecular complexity index is 632. The average molecular weight is 395 g/mol. The van der Waals surface area contributed by atoms with Crippen molar-refractivity contribution in [2.45, 2.75) is 90.4 Å². The third-order valence-electron chi connectivity index (χ3n) is 10.0. The molecule has 5 nitrogen and oxygen atoms in total. The molecule has 9 unspecified atom stereocenters. The molecule has 4 fully saturated rings. The summed E-state index contributed by atoms with van der Waals surface area (Å²) in [4.78, 5) is 11.3. The first-order valence-corrected chi connectivity index (χ1v) is 11.3. The summed E-state index contributed by atoms with van der Waals surface area (Å²) < 4.78 is 0. The summed E-state index contributed by atoms with van der Waals surface area (Å²) >= 11 is 0. The SMILES string of the molecule is CC(CC(=O)O)C1CCC2C3CCC4CC(O)(O)C(O)CC4(C)C3CCC12C. The molecule has 0 amide bonds. The maximum absolute atomic E-state index is 11.3. The lowest BCUT2D eigenvalue weighted by Gasteiger charge is -2.62. The Morgan fingerprint density at radius 3 is 2.36 bits per heavy atom. The van der Waals surface area contributed by atoms with Crippen LogP contribution in [0.1, 0.15) is 78.6 Å². The molecule has 5 heteroatoms. The second-order valence-corrected chi connectivity index (χ2v) is 11.3. The topological polar surface area (TPSA) is 98.0 Å². The zero-order valence-electron chi connectivity index (χ0n) is 17.6. The molecule has 0 aromatic heterocycles. The van der Waals surface area contributed by atoms with Crippen LogP contribution < -0.4 is 0 Å². The van der Waals surface area contributed by atoms with Gasteiger partial charge in [0.15, 0.2) is 5.79 Å². The van der Waals surface area contributed by atoms with E-state index in [0.29, 0.717) is 30.1 Å². The molecule has 4 saturated carbocycles. The predicted octanol–water partition coefficient (Wildman–Crippen LogP) is 3.41. The second kappa shape index (κ2) is 6.68. The summed E-state index contributed by atoms with van der Waals surface area (Å²) in [6.45, 7) is 6.83. The molecule has 160 valence electrons. The Labute approximate surface area is 168 Å². The van der Waals surface area contributed by atoms with E-state index in [1.165, 1.54) is 6.42 Å². The Morgan fingerprint density at radius 2 is 1.68 bits per heavy atom. The molecule has 4 N–H and O–H groups in total. The van der Waals surface area contributed by atoms with Gasteiger partial charge in [-0.3, -0.25) is 4.79 Å². The monoisotopic (exact) mass is 394 g/mol. The van der Waals surface area contributed by atoms with E-state index in [1.807, 2.05) is 0 Å². The first-order valence-electron chi connectivity index (χ1n) is 11.3. The van der Waals surface area contributed by atoms with Crippen molar-refractivity contribution in [3.63, 3.8) is 0 Å². The van der Waals surface area contributed by atoms with Crippen LogP contribution in [0.3, 0.4) is 0 Å². The summed E-state index contributed by atoms with van der Waals surface area (Å²) in [5.41, 5.74) is 0.202. The number of aliphatic hydroxyl groups excluding tert-OH is 1. The van der Waals surface area contributed by atoms with Crippen LogP contribution in [0.4, 0.5) is 0 Å². The normalized spacial score (nSPS) is 50.9. The summed E-state index contributed by atoms with van der Waals surface area (Å²) in [6.07, 6.45) is 6.70. The molecule has 0 spiro atoms. The fraction of sp³-hybridized carbons (Fsp3) is 0.957. The van der Waals surface area contributed by atoms with E-state index >= 15 is 0 Å². The molecule has 4 aliphatic carbocycles. The van der Waals surface area contributed by atoms with E-state index < -0.39 is 17.9 Å². The van der Waals surface area contributed by atoms with Crippen LogP contribution in [0.25, 0.3) is 0 Å². The van der Waals surface area contributed by atoms with Crippen molar-refractivity contribution in [1.29, 1.82) is 0 Å². The van der Waals surface area contributed by atoms with E-state index in [0.717, 1.165) is 32.1 Å². The zero-order chi connectivity index (χ0) is 20.5. The van der Waals surface area contributed by atoms with Gasteiger partial charge in [-0.25, -0.2) is 0 Å². The lowest BCUT2D eigenvalue weighted by molar-refractivity contribution is -0.284. The maximum atomic E-state index is 11.3. The van der Waals surface area contributed by atoms with E-state index in [2.05, 4.69) is 20.8 Å². The van der Waals surface area contributed by atoms with Crippen LogP contribution in [0, 0.1) is 46.3 Å². The molecule has 0 aromatic carbocycles. The Morgan fingerprint density at radius 1 is 1.00 bits per heavy atom. The lowest BCUT2D eigenvalue weighted by atomic mass is 9.44. The van der Waals surface area contributed by atoms with Gasteiger partial charge in [-0.15, -0.1) is 0 Å². The molecule has 0 radical (unpaired) electrons. The number of aliphatic hydroxyl groups is 3. The quantitative estimate of drug-likeness (QED) is 0.550. The van der Waals surface area contributed by atoms with Gasteiger partial charge in [0.05, 0.1) is 0 Å². The first kappa shape index (κ1) is 20.6. The van der Waals surface area contributed by atoms with Gasteiger partial charge in [-0.2, -0.15) is 0 Å². The van der Waals surface area contributed by atoms with Crippen LogP contribution in [-0.2, 0) is 4.79 Å². The van der Waals surface area contributed by atoms with Crippen molar-refractivity contribution in [3.8, 4) is 0 Å². The van der Waals surface area contributed by atoms with E-state index in [1.54, 1.807) is 0 Å².